The van der Waals surface area contributed by atoms with Crippen LogP contribution in [0.4, 0.5) is 0 Å². The average molecular weight is 347 g/mol. The van der Waals surface area contributed by atoms with E-state index in [9.17, 15) is 9.59 Å². The van der Waals surface area contributed by atoms with Crippen LogP contribution >= 0.6 is 0 Å². The summed E-state index contributed by atoms with van der Waals surface area (Å²) in [6, 6.07) is 4.24. The summed E-state index contributed by atoms with van der Waals surface area (Å²) in [5, 5.41) is 0. The monoisotopic (exact) mass is 347 g/mol. The number of aryl methyl sites for hydroxylation is 1. The van der Waals surface area contributed by atoms with Gasteiger partial charge in [0, 0.05) is 33.1 Å². The molecule has 0 aliphatic carbocycles. The molecule has 6 heteroatoms. The summed E-state index contributed by atoms with van der Waals surface area (Å²) in [7, 11) is 0. The van der Waals surface area contributed by atoms with E-state index >= 15 is 0 Å². The number of amides is 2. The lowest BCUT2D eigenvalue weighted by molar-refractivity contribution is -0.139. The minimum Gasteiger partial charge on any atom is -0.465 e. The number of rotatable bonds is 3. The maximum Gasteiger partial charge on any atom is 0.236 e. The van der Waals surface area contributed by atoms with Crippen molar-refractivity contribution in [2.45, 2.75) is 45.6 Å². The number of nitrogens with zero attached hydrogens (tertiary/aromatic N) is 3. The van der Waals surface area contributed by atoms with Gasteiger partial charge >= 0.3 is 0 Å². The van der Waals surface area contributed by atoms with E-state index in [1.807, 2.05) is 22.8 Å². The Kier molecular flexibility index (Phi) is 5.78. The Morgan fingerprint density at radius 3 is 2.40 bits per heavy atom. The van der Waals surface area contributed by atoms with E-state index < -0.39 is 0 Å². The van der Waals surface area contributed by atoms with Gasteiger partial charge in [-0.05, 0) is 38.4 Å². The van der Waals surface area contributed by atoms with Crippen LogP contribution < -0.4 is 0 Å². The predicted molar refractivity (Wildman–Crippen MR) is 95.1 cm³/mol. The first-order valence-corrected chi connectivity index (χ1v) is 9.38. The summed E-state index contributed by atoms with van der Waals surface area (Å²) in [4.78, 5) is 30.2. The molecule has 3 heterocycles. The molecule has 6 nitrogen and oxygen atoms in total. The summed E-state index contributed by atoms with van der Waals surface area (Å²) in [5.74, 6) is 2.16. The standard InChI is InChI=1S/C19H29N3O3/c1-15-7-8-18(25-15)17-6-4-3-5-9-22(17)14-19(24)21-12-10-20(11-13-21)16(2)23/h7-8,17H,3-6,9-14H2,1-2H3/t17-/m0/s1. The molecule has 2 aliphatic rings. The van der Waals surface area contributed by atoms with Gasteiger partial charge in [-0.1, -0.05) is 12.8 Å². The molecule has 0 unspecified atom stereocenters. The van der Waals surface area contributed by atoms with Crippen LogP contribution in [0.5, 0.6) is 0 Å². The predicted octanol–water partition coefficient (Wildman–Crippen LogP) is 2.20. The van der Waals surface area contributed by atoms with Crippen molar-refractivity contribution < 1.29 is 14.0 Å². The van der Waals surface area contributed by atoms with E-state index in [4.69, 9.17) is 4.42 Å². The van der Waals surface area contributed by atoms with Crippen LogP contribution in [0.2, 0.25) is 0 Å². The molecule has 1 atom stereocenters. The van der Waals surface area contributed by atoms with Gasteiger partial charge in [0.05, 0.1) is 12.6 Å². The number of carbonyl (C=O) groups is 2. The van der Waals surface area contributed by atoms with E-state index in [1.54, 1.807) is 6.92 Å². The Morgan fingerprint density at radius 2 is 1.76 bits per heavy atom. The molecule has 2 amide bonds. The molecule has 1 aromatic heterocycles. The van der Waals surface area contributed by atoms with Crippen molar-refractivity contribution in [3.63, 3.8) is 0 Å². The zero-order valence-electron chi connectivity index (χ0n) is 15.4. The minimum absolute atomic E-state index is 0.0906. The normalized spacial score (nSPS) is 22.7. The van der Waals surface area contributed by atoms with Gasteiger partial charge in [-0.15, -0.1) is 0 Å². The molecule has 0 saturated carbocycles. The number of likely N-dealkylation sites (tertiary alicyclic amines) is 1. The second kappa shape index (κ2) is 8.04. The quantitative estimate of drug-likeness (QED) is 0.841. The lowest BCUT2D eigenvalue weighted by Crippen LogP contribution is -2.52. The fraction of sp³-hybridized carbons (Fsp3) is 0.684. The largest absolute Gasteiger partial charge is 0.465 e. The number of piperazine rings is 1. The first-order chi connectivity index (χ1) is 12.0. The smallest absolute Gasteiger partial charge is 0.236 e. The van der Waals surface area contributed by atoms with Crippen molar-refractivity contribution in [2.75, 3.05) is 39.3 Å². The van der Waals surface area contributed by atoms with Crippen molar-refractivity contribution in [3.8, 4) is 0 Å². The Morgan fingerprint density at radius 1 is 1.04 bits per heavy atom. The summed E-state index contributed by atoms with van der Waals surface area (Å²) in [6.07, 6.45) is 4.55. The molecule has 1 aromatic rings. The third-order valence-electron chi connectivity index (χ3n) is 5.37. The van der Waals surface area contributed by atoms with Crippen LogP contribution in [0.25, 0.3) is 0 Å². The minimum atomic E-state index is 0.0906. The van der Waals surface area contributed by atoms with Crippen LogP contribution in [0, 0.1) is 6.92 Å². The summed E-state index contributed by atoms with van der Waals surface area (Å²) in [5.41, 5.74) is 0. The Bertz CT molecular complexity index is 605. The van der Waals surface area contributed by atoms with E-state index in [1.165, 1.54) is 12.8 Å². The summed E-state index contributed by atoms with van der Waals surface area (Å²) < 4.78 is 5.87. The highest BCUT2D eigenvalue weighted by molar-refractivity contribution is 5.79. The molecule has 25 heavy (non-hydrogen) atoms. The molecule has 3 rings (SSSR count). The highest BCUT2D eigenvalue weighted by Gasteiger charge is 2.29. The second-order valence-corrected chi connectivity index (χ2v) is 7.17. The Labute approximate surface area is 149 Å². The van der Waals surface area contributed by atoms with Crippen LogP contribution in [-0.2, 0) is 9.59 Å². The molecule has 0 radical (unpaired) electrons. The van der Waals surface area contributed by atoms with E-state index in [-0.39, 0.29) is 17.9 Å². The first kappa shape index (κ1) is 18.0. The van der Waals surface area contributed by atoms with Crippen molar-refractivity contribution in [3.05, 3.63) is 23.7 Å². The maximum absolute atomic E-state index is 12.8. The third-order valence-corrected chi connectivity index (χ3v) is 5.37. The maximum atomic E-state index is 12.8. The summed E-state index contributed by atoms with van der Waals surface area (Å²) >= 11 is 0. The zero-order valence-corrected chi connectivity index (χ0v) is 15.4. The van der Waals surface area contributed by atoms with Crippen LogP contribution in [-0.4, -0.2) is 65.8 Å². The second-order valence-electron chi connectivity index (χ2n) is 7.17. The lowest BCUT2D eigenvalue weighted by atomic mass is 10.1. The average Bonchev–Trinajstić information content (AvgIpc) is 2.90. The molecule has 0 bridgehead atoms. The zero-order chi connectivity index (χ0) is 17.8. The topological polar surface area (TPSA) is 57.0 Å². The van der Waals surface area contributed by atoms with Gasteiger partial charge in [0.1, 0.15) is 11.5 Å². The highest BCUT2D eigenvalue weighted by atomic mass is 16.3. The molecular formula is C19H29N3O3. The van der Waals surface area contributed by atoms with Crippen molar-refractivity contribution in [2.24, 2.45) is 0 Å². The van der Waals surface area contributed by atoms with Crippen LogP contribution in [0.3, 0.4) is 0 Å². The van der Waals surface area contributed by atoms with Gasteiger partial charge in [0.15, 0.2) is 0 Å². The van der Waals surface area contributed by atoms with Crippen LogP contribution in [0.15, 0.2) is 16.5 Å². The number of carbonyl (C=O) groups excluding carboxylic acids is 2. The SMILES string of the molecule is CC(=O)N1CCN(C(=O)CN2CCCCC[C@H]2c2ccc(C)o2)CC1. The third kappa shape index (κ3) is 4.42. The van der Waals surface area contributed by atoms with Crippen molar-refractivity contribution in [1.82, 2.24) is 14.7 Å². The molecule has 0 aromatic carbocycles. The van der Waals surface area contributed by atoms with Gasteiger partial charge in [-0.25, -0.2) is 0 Å². The molecular weight excluding hydrogens is 318 g/mol. The van der Waals surface area contributed by atoms with Crippen LogP contribution in [0.1, 0.15) is 50.2 Å². The number of hydrogen-bond acceptors (Lipinski definition) is 4. The van der Waals surface area contributed by atoms with Gasteiger partial charge in [-0.3, -0.25) is 14.5 Å². The Balaban J connectivity index is 1.62. The number of furan rings is 1. The van der Waals surface area contributed by atoms with Gasteiger partial charge in [0.25, 0.3) is 0 Å². The fourth-order valence-electron chi connectivity index (χ4n) is 3.86. The molecule has 2 saturated heterocycles. The first-order valence-electron chi connectivity index (χ1n) is 9.38. The highest BCUT2D eigenvalue weighted by Crippen LogP contribution is 2.31. The van der Waals surface area contributed by atoms with E-state index in [2.05, 4.69) is 11.0 Å². The van der Waals surface area contributed by atoms with E-state index in [0.717, 1.165) is 30.9 Å². The van der Waals surface area contributed by atoms with Crippen molar-refractivity contribution in [1.29, 1.82) is 0 Å². The summed E-state index contributed by atoms with van der Waals surface area (Å²) in [6.45, 7) is 7.47. The molecule has 2 fully saturated rings. The lowest BCUT2D eigenvalue weighted by Gasteiger charge is -2.36. The van der Waals surface area contributed by atoms with Gasteiger partial charge in [0.2, 0.25) is 11.8 Å². The molecule has 0 spiro atoms. The molecule has 138 valence electrons. The van der Waals surface area contributed by atoms with Gasteiger partial charge in [-0.2, -0.15) is 0 Å². The Hall–Kier alpha value is -1.82. The fourth-order valence-corrected chi connectivity index (χ4v) is 3.86. The van der Waals surface area contributed by atoms with Crippen molar-refractivity contribution >= 4 is 11.8 Å². The molecule has 2 aliphatic heterocycles. The molecule has 0 N–H and O–H groups in total. The number of hydrogen-bond donors (Lipinski definition) is 0. The van der Waals surface area contributed by atoms with E-state index in [0.29, 0.717) is 32.7 Å². The van der Waals surface area contributed by atoms with Gasteiger partial charge < -0.3 is 14.2 Å².